The van der Waals surface area contributed by atoms with Gasteiger partial charge in [-0.2, -0.15) is 0 Å². The van der Waals surface area contributed by atoms with Crippen LogP contribution in [0, 0.1) is 13.8 Å². The largest absolute Gasteiger partial charge is 0.496 e. The van der Waals surface area contributed by atoms with Gasteiger partial charge in [-0.05, 0) is 55.9 Å². The molecule has 4 nitrogen and oxygen atoms in total. The Bertz CT molecular complexity index is 569. The van der Waals surface area contributed by atoms with Gasteiger partial charge in [0.05, 0.1) is 7.11 Å². The van der Waals surface area contributed by atoms with Crippen molar-refractivity contribution in [1.82, 2.24) is 9.80 Å². The maximum atomic E-state index is 9.56. The minimum atomic E-state index is 0.278. The molecule has 4 heteroatoms. The second-order valence-electron chi connectivity index (χ2n) is 7.75. The summed E-state index contributed by atoms with van der Waals surface area (Å²) >= 11 is 0. The molecule has 140 valence electrons. The number of hydrogen-bond acceptors (Lipinski definition) is 4. The molecule has 1 saturated carbocycles. The SMILES string of the molecule is COc1ccc(CN2CCN(C3CCCC3)C[C@@H]2CCO)c(C)c1C. The molecule has 3 rings (SSSR count). The summed E-state index contributed by atoms with van der Waals surface area (Å²) in [5, 5.41) is 9.56. The Balaban J connectivity index is 1.69. The number of ether oxygens (including phenoxy) is 1. The lowest BCUT2D eigenvalue weighted by molar-refractivity contribution is 0.0325. The number of rotatable bonds is 6. The molecule has 0 spiro atoms. The van der Waals surface area contributed by atoms with Gasteiger partial charge in [0.1, 0.15) is 5.75 Å². The highest BCUT2D eigenvalue weighted by atomic mass is 16.5. The van der Waals surface area contributed by atoms with Gasteiger partial charge < -0.3 is 9.84 Å². The fraction of sp³-hybridized carbons (Fsp3) is 0.714. The molecule has 25 heavy (non-hydrogen) atoms. The van der Waals surface area contributed by atoms with Gasteiger partial charge in [-0.15, -0.1) is 0 Å². The molecule has 1 aromatic rings. The molecule has 1 heterocycles. The van der Waals surface area contributed by atoms with Crippen LogP contribution in [-0.2, 0) is 6.54 Å². The molecule has 1 aliphatic heterocycles. The van der Waals surface area contributed by atoms with Crippen molar-refractivity contribution in [2.45, 2.75) is 64.6 Å². The number of piperazine rings is 1. The van der Waals surface area contributed by atoms with Crippen LogP contribution in [0.25, 0.3) is 0 Å². The first kappa shape index (κ1) is 18.7. The van der Waals surface area contributed by atoms with Crippen LogP contribution < -0.4 is 4.74 Å². The summed E-state index contributed by atoms with van der Waals surface area (Å²) in [6, 6.07) is 5.54. The van der Waals surface area contributed by atoms with Gasteiger partial charge in [-0.1, -0.05) is 18.9 Å². The van der Waals surface area contributed by atoms with Gasteiger partial charge in [0, 0.05) is 44.9 Å². The lowest BCUT2D eigenvalue weighted by Crippen LogP contribution is -2.55. The second-order valence-corrected chi connectivity index (χ2v) is 7.75. The van der Waals surface area contributed by atoms with E-state index in [0.717, 1.165) is 37.8 Å². The van der Waals surface area contributed by atoms with Crippen LogP contribution in [0.1, 0.15) is 48.8 Å². The number of nitrogens with zero attached hydrogens (tertiary/aromatic N) is 2. The van der Waals surface area contributed by atoms with E-state index >= 15 is 0 Å². The summed E-state index contributed by atoms with van der Waals surface area (Å²) in [5.41, 5.74) is 3.96. The lowest BCUT2D eigenvalue weighted by Gasteiger charge is -2.44. The summed E-state index contributed by atoms with van der Waals surface area (Å²) < 4.78 is 5.45. The molecule has 0 radical (unpaired) electrons. The van der Waals surface area contributed by atoms with Crippen LogP contribution in [-0.4, -0.2) is 60.3 Å². The quantitative estimate of drug-likeness (QED) is 0.858. The molecule has 1 atom stereocenters. The van der Waals surface area contributed by atoms with Crippen molar-refractivity contribution >= 4 is 0 Å². The molecule has 0 unspecified atom stereocenters. The van der Waals surface area contributed by atoms with Crippen LogP contribution in [0.4, 0.5) is 0 Å². The molecule has 2 fully saturated rings. The number of hydrogen-bond donors (Lipinski definition) is 1. The normalized spacial score (nSPS) is 23.3. The predicted molar refractivity (Wildman–Crippen MR) is 102 cm³/mol. The van der Waals surface area contributed by atoms with Crippen molar-refractivity contribution in [1.29, 1.82) is 0 Å². The Kier molecular flexibility index (Phi) is 6.37. The van der Waals surface area contributed by atoms with E-state index < -0.39 is 0 Å². The average molecular weight is 347 g/mol. The van der Waals surface area contributed by atoms with Gasteiger partial charge in [-0.25, -0.2) is 0 Å². The third kappa shape index (κ3) is 4.18. The maximum absolute atomic E-state index is 9.56. The van der Waals surface area contributed by atoms with Crippen molar-refractivity contribution < 1.29 is 9.84 Å². The topological polar surface area (TPSA) is 35.9 Å². The van der Waals surface area contributed by atoms with E-state index in [2.05, 4.69) is 35.8 Å². The van der Waals surface area contributed by atoms with Crippen LogP contribution in [0.2, 0.25) is 0 Å². The molecule has 0 aromatic heterocycles. The predicted octanol–water partition coefficient (Wildman–Crippen LogP) is 3.12. The summed E-state index contributed by atoms with van der Waals surface area (Å²) in [6.07, 6.45) is 6.38. The minimum Gasteiger partial charge on any atom is -0.496 e. The highest BCUT2D eigenvalue weighted by Crippen LogP contribution is 2.29. The molecule has 0 bridgehead atoms. The molecule has 2 aliphatic rings. The van der Waals surface area contributed by atoms with Gasteiger partial charge in [-0.3, -0.25) is 9.80 Å². The van der Waals surface area contributed by atoms with Crippen LogP contribution >= 0.6 is 0 Å². The summed E-state index contributed by atoms with van der Waals surface area (Å²) in [4.78, 5) is 5.27. The van der Waals surface area contributed by atoms with E-state index in [1.807, 2.05) is 0 Å². The average Bonchev–Trinajstić information content (AvgIpc) is 3.15. The van der Waals surface area contributed by atoms with Crippen LogP contribution in [0.3, 0.4) is 0 Å². The highest BCUT2D eigenvalue weighted by molar-refractivity contribution is 5.43. The number of aliphatic hydroxyl groups is 1. The number of aliphatic hydroxyl groups excluding tert-OH is 1. The van der Waals surface area contributed by atoms with Crippen molar-refractivity contribution in [3.05, 3.63) is 28.8 Å². The van der Waals surface area contributed by atoms with E-state index in [4.69, 9.17) is 4.74 Å². The third-order valence-corrected chi connectivity index (χ3v) is 6.38. The standard InChI is InChI=1S/C21H34N2O2/c1-16-17(2)21(25-3)9-8-18(16)14-22-11-12-23(15-20(22)10-13-24)19-6-4-5-7-19/h8-9,19-20,24H,4-7,10-15H2,1-3H3/t20-/m0/s1. The fourth-order valence-corrected chi connectivity index (χ4v) is 4.61. The van der Waals surface area contributed by atoms with E-state index in [1.165, 1.54) is 48.9 Å². The third-order valence-electron chi connectivity index (χ3n) is 6.38. The van der Waals surface area contributed by atoms with E-state index in [9.17, 15) is 5.11 Å². The first-order chi connectivity index (χ1) is 12.1. The Hall–Kier alpha value is -1.10. The Morgan fingerprint density at radius 3 is 2.56 bits per heavy atom. The van der Waals surface area contributed by atoms with E-state index in [-0.39, 0.29) is 6.61 Å². The van der Waals surface area contributed by atoms with Crippen LogP contribution in [0.15, 0.2) is 12.1 Å². The molecule has 1 aromatic carbocycles. The monoisotopic (exact) mass is 346 g/mol. The minimum absolute atomic E-state index is 0.278. The van der Waals surface area contributed by atoms with Gasteiger partial charge in [0.15, 0.2) is 0 Å². The van der Waals surface area contributed by atoms with Crippen molar-refractivity contribution in [2.75, 3.05) is 33.4 Å². The van der Waals surface area contributed by atoms with E-state index in [1.54, 1.807) is 7.11 Å². The van der Waals surface area contributed by atoms with Gasteiger partial charge >= 0.3 is 0 Å². The molecular weight excluding hydrogens is 312 g/mol. The van der Waals surface area contributed by atoms with Gasteiger partial charge in [0.25, 0.3) is 0 Å². The molecule has 1 aliphatic carbocycles. The maximum Gasteiger partial charge on any atom is 0.122 e. The number of methoxy groups -OCH3 is 1. The number of benzene rings is 1. The van der Waals surface area contributed by atoms with Crippen molar-refractivity contribution in [3.8, 4) is 5.75 Å². The van der Waals surface area contributed by atoms with Crippen LogP contribution in [0.5, 0.6) is 5.75 Å². The summed E-state index contributed by atoms with van der Waals surface area (Å²) in [5.74, 6) is 0.971. The molecular formula is C21H34N2O2. The summed E-state index contributed by atoms with van der Waals surface area (Å²) in [7, 11) is 1.74. The lowest BCUT2D eigenvalue weighted by atomic mass is 9.99. The first-order valence-corrected chi connectivity index (χ1v) is 9.86. The van der Waals surface area contributed by atoms with Crippen molar-refractivity contribution in [3.63, 3.8) is 0 Å². The Morgan fingerprint density at radius 1 is 1.12 bits per heavy atom. The molecule has 1 N–H and O–H groups in total. The zero-order chi connectivity index (χ0) is 17.8. The Morgan fingerprint density at radius 2 is 1.88 bits per heavy atom. The smallest absolute Gasteiger partial charge is 0.122 e. The first-order valence-electron chi connectivity index (χ1n) is 9.86. The fourth-order valence-electron chi connectivity index (χ4n) is 4.61. The molecule has 1 saturated heterocycles. The van der Waals surface area contributed by atoms with Gasteiger partial charge in [0.2, 0.25) is 0 Å². The molecule has 0 amide bonds. The van der Waals surface area contributed by atoms with E-state index in [0.29, 0.717) is 6.04 Å². The Labute approximate surface area is 152 Å². The zero-order valence-electron chi connectivity index (χ0n) is 16.1. The van der Waals surface area contributed by atoms with Crippen molar-refractivity contribution in [2.24, 2.45) is 0 Å². The highest BCUT2D eigenvalue weighted by Gasteiger charge is 2.31. The zero-order valence-corrected chi connectivity index (χ0v) is 16.1. The summed E-state index contributed by atoms with van der Waals surface area (Å²) in [6.45, 7) is 8.97. The second kappa shape index (κ2) is 8.52.